The average Bonchev–Trinajstić information content (AvgIpc) is 3.34. The van der Waals surface area contributed by atoms with E-state index in [1.165, 1.54) is 30.6 Å². The first-order valence-electron chi connectivity index (χ1n) is 9.55. The highest BCUT2D eigenvalue weighted by Gasteiger charge is 2.29. The molecule has 0 radical (unpaired) electrons. The minimum absolute atomic E-state index is 0.0995. The van der Waals surface area contributed by atoms with Crippen LogP contribution >= 0.6 is 11.3 Å². The number of nitrogens with one attached hydrogen (secondary N) is 1. The fourth-order valence-corrected chi connectivity index (χ4v) is 4.97. The van der Waals surface area contributed by atoms with E-state index in [0.717, 1.165) is 29.7 Å². The average molecular weight is 431 g/mol. The third-order valence-corrected chi connectivity index (χ3v) is 6.27. The second kappa shape index (κ2) is 8.35. The Hall–Kier alpha value is -3.07. The van der Waals surface area contributed by atoms with Crippen molar-refractivity contribution in [3.05, 3.63) is 39.8 Å². The largest absolute Gasteiger partial charge is 0.465 e. The number of fused-ring (bicyclic) bond motifs is 2. The van der Waals surface area contributed by atoms with Gasteiger partial charge in [-0.15, -0.1) is 11.3 Å². The van der Waals surface area contributed by atoms with Gasteiger partial charge in [0.05, 0.1) is 18.2 Å². The van der Waals surface area contributed by atoms with E-state index in [1.54, 1.807) is 6.07 Å². The molecule has 1 aromatic carbocycles. The van der Waals surface area contributed by atoms with E-state index in [0.29, 0.717) is 28.0 Å². The lowest BCUT2D eigenvalue weighted by Crippen LogP contribution is -2.22. The van der Waals surface area contributed by atoms with Gasteiger partial charge in [-0.2, -0.15) is 0 Å². The van der Waals surface area contributed by atoms with Crippen LogP contribution in [0.15, 0.2) is 18.2 Å². The van der Waals surface area contributed by atoms with E-state index < -0.39 is 24.5 Å². The summed E-state index contributed by atoms with van der Waals surface area (Å²) in [4.78, 5) is 38.0. The Morgan fingerprint density at radius 1 is 1.20 bits per heavy atom. The Bertz CT molecular complexity index is 1010. The smallest absolute Gasteiger partial charge is 0.341 e. The fraction of sp³-hybridized carbons (Fsp3) is 0.381. The van der Waals surface area contributed by atoms with Crippen molar-refractivity contribution in [2.75, 3.05) is 25.8 Å². The zero-order valence-corrected chi connectivity index (χ0v) is 17.4. The van der Waals surface area contributed by atoms with Crippen LogP contribution in [-0.4, -0.2) is 38.4 Å². The van der Waals surface area contributed by atoms with Crippen LogP contribution in [0.3, 0.4) is 0 Å². The lowest BCUT2D eigenvalue weighted by molar-refractivity contribution is -0.119. The number of rotatable bonds is 5. The van der Waals surface area contributed by atoms with Crippen molar-refractivity contribution in [3.8, 4) is 11.5 Å². The molecule has 1 unspecified atom stereocenters. The fourth-order valence-electron chi connectivity index (χ4n) is 3.56. The molecule has 2 aliphatic rings. The molecule has 1 aliphatic carbocycles. The lowest BCUT2D eigenvalue weighted by Gasteiger charge is -2.18. The molecule has 9 heteroatoms. The van der Waals surface area contributed by atoms with E-state index in [2.05, 4.69) is 12.2 Å². The number of thiophene rings is 1. The number of anilines is 1. The predicted octanol–water partition coefficient (Wildman–Crippen LogP) is 3.18. The van der Waals surface area contributed by atoms with Crippen molar-refractivity contribution in [2.24, 2.45) is 5.92 Å². The number of carbonyl (C=O) groups is 3. The van der Waals surface area contributed by atoms with Crippen molar-refractivity contribution in [1.29, 1.82) is 0 Å². The molecule has 2 aromatic rings. The number of ether oxygens (including phenoxy) is 4. The minimum Gasteiger partial charge on any atom is -0.465 e. The highest BCUT2D eigenvalue weighted by atomic mass is 32.1. The molecule has 8 nitrogen and oxygen atoms in total. The van der Waals surface area contributed by atoms with Gasteiger partial charge in [0.25, 0.3) is 5.91 Å². The number of methoxy groups -OCH3 is 1. The summed E-state index contributed by atoms with van der Waals surface area (Å²) in [5.41, 5.74) is 1.60. The Labute approximate surface area is 177 Å². The van der Waals surface area contributed by atoms with Gasteiger partial charge in [0.15, 0.2) is 18.1 Å². The molecule has 2 heterocycles. The highest BCUT2D eigenvalue weighted by Crippen LogP contribution is 2.40. The van der Waals surface area contributed by atoms with Gasteiger partial charge in [-0.05, 0) is 48.9 Å². The van der Waals surface area contributed by atoms with Crippen LogP contribution < -0.4 is 14.8 Å². The van der Waals surface area contributed by atoms with Gasteiger partial charge in [-0.3, -0.25) is 4.79 Å². The van der Waals surface area contributed by atoms with Crippen molar-refractivity contribution < 1.29 is 33.3 Å². The summed E-state index contributed by atoms with van der Waals surface area (Å²) in [7, 11) is 1.32. The van der Waals surface area contributed by atoms with E-state index in [4.69, 9.17) is 18.9 Å². The van der Waals surface area contributed by atoms with E-state index in [1.807, 2.05) is 0 Å². The van der Waals surface area contributed by atoms with Gasteiger partial charge in [0.2, 0.25) is 6.79 Å². The molecule has 0 saturated carbocycles. The second-order valence-corrected chi connectivity index (χ2v) is 8.34. The van der Waals surface area contributed by atoms with Crippen molar-refractivity contribution >= 4 is 34.2 Å². The van der Waals surface area contributed by atoms with Gasteiger partial charge in [-0.25, -0.2) is 9.59 Å². The van der Waals surface area contributed by atoms with Crippen LogP contribution in [0.2, 0.25) is 0 Å². The first-order chi connectivity index (χ1) is 14.5. The molecule has 158 valence electrons. The van der Waals surface area contributed by atoms with Crippen molar-refractivity contribution in [2.45, 2.75) is 26.2 Å². The Morgan fingerprint density at radius 2 is 2.00 bits per heavy atom. The number of amides is 1. The van der Waals surface area contributed by atoms with Crippen molar-refractivity contribution in [1.82, 2.24) is 0 Å². The van der Waals surface area contributed by atoms with Crippen LogP contribution in [0.4, 0.5) is 5.00 Å². The molecule has 30 heavy (non-hydrogen) atoms. The summed E-state index contributed by atoms with van der Waals surface area (Å²) in [5, 5.41) is 3.14. The van der Waals surface area contributed by atoms with Gasteiger partial charge < -0.3 is 24.3 Å². The maximum atomic E-state index is 12.4. The molecule has 4 rings (SSSR count). The van der Waals surface area contributed by atoms with E-state index in [9.17, 15) is 14.4 Å². The maximum Gasteiger partial charge on any atom is 0.341 e. The standard InChI is InChI=1S/C21H21NO7S/c1-11-3-5-13-16(7-11)30-19(18(13)21(25)26-2)22-17(23)9-27-20(24)12-4-6-14-15(8-12)29-10-28-14/h4,6,8,11H,3,5,7,9-10H2,1-2H3,(H,22,23). The molecule has 0 fully saturated rings. The number of hydrogen-bond acceptors (Lipinski definition) is 8. The van der Waals surface area contributed by atoms with Gasteiger partial charge in [-0.1, -0.05) is 6.92 Å². The lowest BCUT2D eigenvalue weighted by atomic mass is 9.88. The third kappa shape index (κ3) is 3.97. The highest BCUT2D eigenvalue weighted by molar-refractivity contribution is 7.17. The third-order valence-electron chi connectivity index (χ3n) is 5.10. The van der Waals surface area contributed by atoms with Crippen molar-refractivity contribution in [3.63, 3.8) is 0 Å². The zero-order valence-electron chi connectivity index (χ0n) is 16.6. The van der Waals surface area contributed by atoms with Crippen LogP contribution in [-0.2, 0) is 27.1 Å². The maximum absolute atomic E-state index is 12.4. The zero-order chi connectivity index (χ0) is 21.3. The summed E-state index contributed by atoms with van der Waals surface area (Å²) in [6.45, 7) is 1.78. The molecular formula is C21H21NO7S. The summed E-state index contributed by atoms with van der Waals surface area (Å²) >= 11 is 1.38. The molecule has 1 aromatic heterocycles. The minimum atomic E-state index is -0.657. The number of esters is 2. The van der Waals surface area contributed by atoms with Gasteiger partial charge in [0, 0.05) is 4.88 Å². The number of hydrogen-bond donors (Lipinski definition) is 1. The van der Waals surface area contributed by atoms with Gasteiger partial charge in [0.1, 0.15) is 5.00 Å². The second-order valence-electron chi connectivity index (χ2n) is 7.24. The van der Waals surface area contributed by atoms with Crippen LogP contribution in [0.5, 0.6) is 11.5 Å². The predicted molar refractivity (Wildman–Crippen MR) is 108 cm³/mol. The topological polar surface area (TPSA) is 100 Å². The summed E-state index contributed by atoms with van der Waals surface area (Å²) in [6, 6.07) is 4.66. The molecule has 0 bridgehead atoms. The first kappa shape index (κ1) is 20.2. The normalized spacial score (nSPS) is 16.5. The first-order valence-corrected chi connectivity index (χ1v) is 10.4. The Morgan fingerprint density at radius 3 is 2.80 bits per heavy atom. The molecule has 0 spiro atoms. The van der Waals surface area contributed by atoms with Gasteiger partial charge >= 0.3 is 11.9 Å². The molecule has 1 amide bonds. The molecular weight excluding hydrogens is 410 g/mol. The van der Waals surface area contributed by atoms with E-state index >= 15 is 0 Å². The van der Waals surface area contributed by atoms with Crippen LogP contribution in [0.1, 0.15) is 44.5 Å². The Balaban J connectivity index is 1.43. The monoisotopic (exact) mass is 431 g/mol. The molecule has 0 saturated heterocycles. The SMILES string of the molecule is COC(=O)c1c(NC(=O)COC(=O)c2ccc3c(c2)OCO3)sc2c1CCC(C)C2. The summed E-state index contributed by atoms with van der Waals surface area (Å²) < 4.78 is 20.5. The molecule has 1 aliphatic heterocycles. The van der Waals surface area contributed by atoms with Crippen LogP contribution in [0, 0.1) is 5.92 Å². The number of benzene rings is 1. The summed E-state index contributed by atoms with van der Waals surface area (Å²) in [6.07, 6.45) is 2.61. The van der Waals surface area contributed by atoms with Crippen LogP contribution in [0.25, 0.3) is 0 Å². The number of carbonyl (C=O) groups excluding carboxylic acids is 3. The summed E-state index contributed by atoms with van der Waals surface area (Å²) in [5.74, 6) is -0.134. The molecule has 1 N–H and O–H groups in total. The van der Waals surface area contributed by atoms with E-state index in [-0.39, 0.29) is 12.4 Å². The Kier molecular flexibility index (Phi) is 5.63. The quantitative estimate of drug-likeness (QED) is 0.726. The molecule has 1 atom stereocenters.